The van der Waals surface area contributed by atoms with Crippen molar-refractivity contribution in [2.75, 3.05) is 14.2 Å². The van der Waals surface area contributed by atoms with Crippen molar-refractivity contribution in [2.45, 2.75) is 39.9 Å². The molecule has 0 aliphatic heterocycles. The molecule has 0 radical (unpaired) electrons. The van der Waals surface area contributed by atoms with Crippen molar-refractivity contribution in [1.82, 2.24) is 15.0 Å². The number of nitrogens with zero attached hydrogens (tertiary/aromatic N) is 4. The van der Waals surface area contributed by atoms with E-state index in [2.05, 4.69) is 19.3 Å². The fourth-order valence-corrected chi connectivity index (χ4v) is 6.79. The lowest BCUT2D eigenvalue weighted by molar-refractivity contribution is 0.186. The molecule has 1 aromatic heterocycles. The molecule has 0 fully saturated rings. The summed E-state index contributed by atoms with van der Waals surface area (Å²) in [6, 6.07) is 9.76. The molecular weight excluding hydrogens is 431 g/mol. The summed E-state index contributed by atoms with van der Waals surface area (Å²) in [6.45, 7) is 7.65. The number of methoxy groups -OCH3 is 2. The zero-order valence-electron chi connectivity index (χ0n) is 17.2. The summed E-state index contributed by atoms with van der Waals surface area (Å²) in [4.78, 5) is 12.7. The Labute approximate surface area is 180 Å². The Kier molecular flexibility index (Phi) is 8.98. The van der Waals surface area contributed by atoms with Crippen LogP contribution in [0.5, 0.6) is 12.0 Å². The lowest BCUT2D eigenvalue weighted by Gasteiger charge is -2.23. The second-order valence-corrected chi connectivity index (χ2v) is 12.0. The van der Waals surface area contributed by atoms with Crippen molar-refractivity contribution in [2.24, 2.45) is 4.40 Å². The summed E-state index contributed by atoms with van der Waals surface area (Å²) in [5.74, 6) is 0.294. The van der Waals surface area contributed by atoms with Gasteiger partial charge in [-0.3, -0.25) is 0 Å². The van der Waals surface area contributed by atoms with Gasteiger partial charge in [-0.1, -0.05) is 30.3 Å². The minimum atomic E-state index is -2.74. The topological polar surface area (TPSA) is 88.0 Å². The van der Waals surface area contributed by atoms with E-state index in [0.717, 1.165) is 17.1 Å². The molecule has 0 saturated carbocycles. The highest BCUT2D eigenvalue weighted by Gasteiger charge is 2.25. The van der Waals surface area contributed by atoms with E-state index in [1.807, 2.05) is 58.0 Å². The predicted molar refractivity (Wildman–Crippen MR) is 119 cm³/mol. The number of hydrogen-bond acceptors (Lipinski definition) is 10. The predicted octanol–water partition coefficient (Wildman–Crippen LogP) is 4.45. The number of rotatable bonds is 10. The molecule has 158 valence electrons. The summed E-state index contributed by atoms with van der Waals surface area (Å²) in [7, 11) is 2.94. The second kappa shape index (κ2) is 11.0. The van der Waals surface area contributed by atoms with Crippen molar-refractivity contribution in [3.8, 4) is 12.0 Å². The highest BCUT2D eigenvalue weighted by atomic mass is 32.9. The average Bonchev–Trinajstić information content (AvgIpc) is 2.67. The first-order chi connectivity index (χ1) is 13.8. The van der Waals surface area contributed by atoms with Gasteiger partial charge >= 0.3 is 12.0 Å². The van der Waals surface area contributed by atoms with Crippen LogP contribution >= 0.6 is 17.3 Å². The van der Waals surface area contributed by atoms with Crippen LogP contribution in [0.2, 0.25) is 0 Å². The first-order valence-electron chi connectivity index (χ1n) is 8.89. The van der Waals surface area contributed by atoms with Gasteiger partial charge in [0.1, 0.15) is 5.71 Å². The Morgan fingerprint density at radius 2 is 1.45 bits per heavy atom. The van der Waals surface area contributed by atoms with Crippen LogP contribution in [0.1, 0.15) is 39.1 Å². The standard InChI is InChI=1S/C18H25N4O4PS2/c1-12(2)25-27(28,26-13(3)4)29-22-15(14-10-8-7-9-11-14)16-19-17(23-5)21-18(20-16)24-6/h7-13H,1-6H3. The zero-order chi connectivity index (χ0) is 21.4. The molecule has 0 amide bonds. The maximum absolute atomic E-state index is 5.92. The second-order valence-electron chi connectivity index (χ2n) is 6.28. The van der Waals surface area contributed by atoms with Crippen molar-refractivity contribution in [3.63, 3.8) is 0 Å². The lowest BCUT2D eigenvalue weighted by atomic mass is 10.1. The quantitative estimate of drug-likeness (QED) is 0.292. The fraction of sp³-hybridized carbons (Fsp3) is 0.444. The zero-order valence-corrected chi connectivity index (χ0v) is 19.8. The molecule has 0 aliphatic rings. The van der Waals surface area contributed by atoms with Crippen molar-refractivity contribution in [1.29, 1.82) is 0 Å². The molecule has 0 spiro atoms. The van der Waals surface area contributed by atoms with Crippen molar-refractivity contribution in [3.05, 3.63) is 41.7 Å². The minimum Gasteiger partial charge on any atom is -0.467 e. The largest absolute Gasteiger partial charge is 0.467 e. The Hall–Kier alpha value is -1.58. The van der Waals surface area contributed by atoms with Crippen LogP contribution in [0.25, 0.3) is 0 Å². The van der Waals surface area contributed by atoms with Gasteiger partial charge in [-0.2, -0.15) is 9.97 Å². The van der Waals surface area contributed by atoms with E-state index in [4.69, 9.17) is 30.3 Å². The van der Waals surface area contributed by atoms with E-state index < -0.39 is 5.69 Å². The summed E-state index contributed by atoms with van der Waals surface area (Å²) in [6.07, 6.45) is -0.195. The average molecular weight is 457 g/mol. The van der Waals surface area contributed by atoms with Crippen molar-refractivity contribution >= 4 is 34.8 Å². The molecule has 8 nitrogen and oxygen atoms in total. The molecule has 1 heterocycles. The normalized spacial score (nSPS) is 12.5. The highest BCUT2D eigenvalue weighted by molar-refractivity contribution is 8.67. The van der Waals surface area contributed by atoms with Gasteiger partial charge in [0.25, 0.3) is 5.69 Å². The van der Waals surface area contributed by atoms with Crippen molar-refractivity contribution < 1.29 is 18.5 Å². The summed E-state index contributed by atoms with van der Waals surface area (Å²) in [5.41, 5.74) is -1.45. The van der Waals surface area contributed by atoms with Crippen LogP contribution in [0.15, 0.2) is 34.7 Å². The molecule has 0 unspecified atom stereocenters. The smallest absolute Gasteiger partial charge is 0.322 e. The van der Waals surface area contributed by atoms with Crippen LogP contribution in [0.4, 0.5) is 0 Å². The van der Waals surface area contributed by atoms with Gasteiger partial charge < -0.3 is 18.5 Å². The number of aromatic nitrogens is 3. The number of benzene rings is 1. The molecule has 11 heteroatoms. The van der Waals surface area contributed by atoms with E-state index in [1.54, 1.807) is 0 Å². The fourth-order valence-electron chi connectivity index (χ4n) is 2.12. The van der Waals surface area contributed by atoms with Gasteiger partial charge in [0.2, 0.25) is 0 Å². The molecule has 2 rings (SSSR count). The Balaban J connectivity index is 2.53. The van der Waals surface area contributed by atoms with Crippen LogP contribution in [0, 0.1) is 0 Å². The van der Waals surface area contributed by atoms with Gasteiger partial charge in [0, 0.05) is 5.56 Å². The van der Waals surface area contributed by atoms with E-state index >= 15 is 0 Å². The van der Waals surface area contributed by atoms with Crippen LogP contribution in [0.3, 0.4) is 0 Å². The van der Waals surface area contributed by atoms with E-state index in [0.29, 0.717) is 11.5 Å². The molecule has 0 saturated heterocycles. The molecule has 0 aliphatic carbocycles. The van der Waals surface area contributed by atoms with Crippen LogP contribution < -0.4 is 9.47 Å². The van der Waals surface area contributed by atoms with E-state index in [-0.39, 0.29) is 24.2 Å². The molecule has 0 atom stereocenters. The SMILES string of the molecule is COc1nc(OC)nc(C(=NSP(=S)(OC(C)C)OC(C)C)c2ccccc2)n1. The molecule has 29 heavy (non-hydrogen) atoms. The van der Waals surface area contributed by atoms with E-state index in [1.165, 1.54) is 14.2 Å². The first kappa shape index (κ1) is 23.7. The molecule has 0 bridgehead atoms. The number of ether oxygens (including phenoxy) is 2. The van der Waals surface area contributed by atoms with Gasteiger partial charge in [-0.05, 0) is 39.5 Å². The summed E-state index contributed by atoms with van der Waals surface area (Å²) in [5, 5.41) is 0. The van der Waals surface area contributed by atoms with Crippen LogP contribution in [-0.4, -0.2) is 47.1 Å². The number of hydrogen-bond donors (Lipinski definition) is 0. The molecule has 1 aromatic carbocycles. The summed E-state index contributed by atoms with van der Waals surface area (Å²) < 4.78 is 26.8. The third-order valence-corrected chi connectivity index (χ3v) is 7.43. The maximum atomic E-state index is 5.92. The third kappa shape index (κ3) is 7.31. The minimum absolute atomic E-state index is 0.0974. The Bertz CT molecular complexity index is 845. The lowest BCUT2D eigenvalue weighted by Crippen LogP contribution is -2.12. The first-order valence-corrected chi connectivity index (χ1v) is 12.9. The van der Waals surface area contributed by atoms with Crippen LogP contribution in [-0.2, 0) is 20.9 Å². The molecular formula is C18H25N4O4PS2. The maximum Gasteiger partial charge on any atom is 0.322 e. The third-order valence-electron chi connectivity index (χ3n) is 3.13. The van der Waals surface area contributed by atoms with Gasteiger partial charge in [-0.25, -0.2) is 4.40 Å². The summed E-state index contributed by atoms with van der Waals surface area (Å²) >= 11 is 6.78. The van der Waals surface area contributed by atoms with Gasteiger partial charge in [-0.15, -0.1) is 4.98 Å². The Morgan fingerprint density at radius 1 is 0.931 bits per heavy atom. The molecule has 0 N–H and O–H groups in total. The highest BCUT2D eigenvalue weighted by Crippen LogP contribution is 2.63. The van der Waals surface area contributed by atoms with Gasteiger partial charge in [0.15, 0.2) is 5.82 Å². The molecule has 2 aromatic rings. The Morgan fingerprint density at radius 3 is 1.90 bits per heavy atom. The van der Waals surface area contributed by atoms with Gasteiger partial charge in [0.05, 0.1) is 38.0 Å². The monoisotopic (exact) mass is 456 g/mol. The van der Waals surface area contributed by atoms with E-state index in [9.17, 15) is 0 Å².